The molecular formula is C27H27N3O5S2. The summed E-state index contributed by atoms with van der Waals surface area (Å²) in [6.45, 7) is 7.46. The Hall–Kier alpha value is -3.63. The monoisotopic (exact) mass is 537 g/mol. The van der Waals surface area contributed by atoms with Crippen molar-refractivity contribution in [2.24, 2.45) is 0 Å². The van der Waals surface area contributed by atoms with E-state index in [0.717, 1.165) is 32.7 Å². The van der Waals surface area contributed by atoms with Crippen LogP contribution >= 0.6 is 11.3 Å². The van der Waals surface area contributed by atoms with Crippen LogP contribution in [0, 0.1) is 13.8 Å². The van der Waals surface area contributed by atoms with Crippen LogP contribution in [0.4, 0.5) is 11.4 Å². The number of carbonyl (C=O) groups excluding carboxylic acids is 1. The number of nitrogens with zero attached hydrogens (tertiary/aromatic N) is 2. The zero-order valence-corrected chi connectivity index (χ0v) is 22.5. The molecule has 2 heterocycles. The molecule has 0 radical (unpaired) electrons. The molecule has 5 rings (SSSR count). The van der Waals surface area contributed by atoms with E-state index < -0.39 is 22.0 Å². The maximum absolute atomic E-state index is 13.6. The first-order chi connectivity index (χ1) is 17.5. The van der Waals surface area contributed by atoms with Crippen LogP contribution in [-0.2, 0) is 14.8 Å². The first kappa shape index (κ1) is 25.0. The maximum Gasteiger partial charge on any atom is 0.308 e. The summed E-state index contributed by atoms with van der Waals surface area (Å²) in [5.74, 6) is -0.156. The zero-order valence-electron chi connectivity index (χ0n) is 20.9. The molecule has 37 heavy (non-hydrogen) atoms. The fourth-order valence-corrected chi connectivity index (χ4v) is 6.92. The predicted octanol–water partition coefficient (Wildman–Crippen LogP) is 4.86. The van der Waals surface area contributed by atoms with Crippen molar-refractivity contribution in [3.8, 4) is 5.75 Å². The average molecular weight is 538 g/mol. The predicted molar refractivity (Wildman–Crippen MR) is 146 cm³/mol. The van der Waals surface area contributed by atoms with Gasteiger partial charge in [0.05, 0.1) is 27.3 Å². The number of hydrogen-bond donors (Lipinski definition) is 1. The van der Waals surface area contributed by atoms with E-state index in [9.17, 15) is 18.0 Å². The molecule has 0 saturated heterocycles. The number of anilines is 2. The molecule has 1 aliphatic rings. The van der Waals surface area contributed by atoms with Crippen LogP contribution in [0.5, 0.6) is 5.75 Å². The molecule has 1 atom stereocenters. The lowest BCUT2D eigenvalue weighted by atomic mass is 10.1. The molecule has 4 aromatic rings. The van der Waals surface area contributed by atoms with Gasteiger partial charge >= 0.3 is 4.87 Å². The Balaban J connectivity index is 1.46. The van der Waals surface area contributed by atoms with E-state index in [0.29, 0.717) is 17.1 Å². The van der Waals surface area contributed by atoms with Gasteiger partial charge in [0.15, 0.2) is 6.10 Å². The van der Waals surface area contributed by atoms with Gasteiger partial charge in [0.1, 0.15) is 5.75 Å². The zero-order chi connectivity index (χ0) is 26.5. The van der Waals surface area contributed by atoms with E-state index in [1.54, 1.807) is 59.2 Å². The molecule has 1 aliphatic heterocycles. The van der Waals surface area contributed by atoms with Crippen molar-refractivity contribution in [1.29, 1.82) is 0 Å². The third-order valence-electron chi connectivity index (χ3n) is 6.28. The molecular weight excluding hydrogens is 510 g/mol. The first-order valence-electron chi connectivity index (χ1n) is 11.9. The molecule has 3 aromatic carbocycles. The van der Waals surface area contributed by atoms with Gasteiger partial charge in [0.25, 0.3) is 15.9 Å². The Bertz CT molecular complexity index is 1670. The molecule has 1 N–H and O–H groups in total. The third-order valence-corrected chi connectivity index (χ3v) is 9.00. The Morgan fingerprint density at radius 2 is 1.73 bits per heavy atom. The highest BCUT2D eigenvalue weighted by atomic mass is 32.2. The van der Waals surface area contributed by atoms with Crippen molar-refractivity contribution in [2.45, 2.75) is 44.7 Å². The van der Waals surface area contributed by atoms with Crippen molar-refractivity contribution in [2.75, 3.05) is 16.2 Å². The van der Waals surface area contributed by atoms with E-state index >= 15 is 0 Å². The molecule has 1 aromatic heterocycles. The summed E-state index contributed by atoms with van der Waals surface area (Å²) in [5.41, 5.74) is 3.51. The highest BCUT2D eigenvalue weighted by Gasteiger charge is 2.37. The lowest BCUT2D eigenvalue weighted by Gasteiger charge is -2.35. The van der Waals surface area contributed by atoms with Gasteiger partial charge < -0.3 is 10.1 Å². The molecule has 0 saturated carbocycles. The molecule has 0 aliphatic carbocycles. The number of hydrogen-bond acceptors (Lipinski definition) is 6. The highest BCUT2D eigenvalue weighted by molar-refractivity contribution is 7.92. The van der Waals surface area contributed by atoms with Gasteiger partial charge in [-0.15, -0.1) is 0 Å². The van der Waals surface area contributed by atoms with Crippen molar-refractivity contribution >= 4 is 48.9 Å². The summed E-state index contributed by atoms with van der Waals surface area (Å²) in [7, 11) is -3.95. The van der Waals surface area contributed by atoms with E-state index in [-0.39, 0.29) is 22.4 Å². The maximum atomic E-state index is 13.6. The van der Waals surface area contributed by atoms with Crippen molar-refractivity contribution in [1.82, 2.24) is 4.57 Å². The number of nitrogens with one attached hydrogen (secondary N) is 1. The van der Waals surface area contributed by atoms with Gasteiger partial charge in [-0.1, -0.05) is 35.1 Å². The Morgan fingerprint density at radius 3 is 2.43 bits per heavy atom. The summed E-state index contributed by atoms with van der Waals surface area (Å²) >= 11 is 1.12. The van der Waals surface area contributed by atoms with Crippen molar-refractivity contribution in [3.63, 3.8) is 0 Å². The molecule has 0 fully saturated rings. The lowest BCUT2D eigenvalue weighted by molar-refractivity contribution is -0.122. The molecule has 1 amide bonds. The summed E-state index contributed by atoms with van der Waals surface area (Å²) < 4.78 is 36.9. The fraction of sp³-hybridized carbons (Fsp3) is 0.259. The minimum Gasteiger partial charge on any atom is -0.476 e. The second-order valence-electron chi connectivity index (χ2n) is 9.43. The van der Waals surface area contributed by atoms with E-state index in [1.165, 1.54) is 4.31 Å². The lowest BCUT2D eigenvalue weighted by Crippen LogP contribution is -2.48. The summed E-state index contributed by atoms with van der Waals surface area (Å²) in [6, 6.07) is 17.1. The number of fused-ring (bicyclic) bond motifs is 2. The van der Waals surface area contributed by atoms with Gasteiger partial charge in [0.2, 0.25) is 0 Å². The number of ether oxygens (including phenoxy) is 1. The average Bonchev–Trinajstić information content (AvgIpc) is 3.18. The fourth-order valence-electron chi connectivity index (χ4n) is 4.39. The molecule has 0 unspecified atom stereocenters. The molecule has 192 valence electrons. The normalized spacial score (nSPS) is 15.5. The van der Waals surface area contributed by atoms with Gasteiger partial charge in [-0.3, -0.25) is 18.5 Å². The summed E-state index contributed by atoms with van der Waals surface area (Å²) in [4.78, 5) is 25.8. The summed E-state index contributed by atoms with van der Waals surface area (Å²) in [5, 5.41) is 2.84. The van der Waals surface area contributed by atoms with E-state index in [4.69, 9.17) is 4.74 Å². The number of benzene rings is 3. The first-order valence-corrected chi connectivity index (χ1v) is 14.1. The quantitative estimate of drug-likeness (QED) is 0.392. The number of thiazole rings is 1. The third kappa shape index (κ3) is 4.62. The van der Waals surface area contributed by atoms with Crippen molar-refractivity contribution < 1.29 is 17.9 Å². The highest BCUT2D eigenvalue weighted by Crippen LogP contribution is 2.38. The largest absolute Gasteiger partial charge is 0.476 e. The van der Waals surface area contributed by atoms with Crippen LogP contribution in [0.25, 0.3) is 10.2 Å². The van der Waals surface area contributed by atoms with Crippen LogP contribution < -0.4 is 19.2 Å². The van der Waals surface area contributed by atoms with Gasteiger partial charge in [-0.05, 0) is 75.7 Å². The van der Waals surface area contributed by atoms with E-state index in [2.05, 4.69) is 5.32 Å². The van der Waals surface area contributed by atoms with Crippen LogP contribution in [0.1, 0.15) is 31.0 Å². The molecule has 10 heteroatoms. The van der Waals surface area contributed by atoms with Crippen LogP contribution in [-0.4, -0.2) is 31.5 Å². The second-order valence-corrected chi connectivity index (χ2v) is 12.3. The molecule has 0 spiro atoms. The number of sulfonamides is 1. The minimum absolute atomic E-state index is 0.0160. The second kappa shape index (κ2) is 9.35. The number of carbonyl (C=O) groups is 1. The summed E-state index contributed by atoms with van der Waals surface area (Å²) in [6.07, 6.45) is -1.08. The van der Waals surface area contributed by atoms with E-state index in [1.807, 2.05) is 33.8 Å². The Kier molecular flexibility index (Phi) is 6.33. The number of amides is 1. The standard InChI is InChI=1S/C27H27N3O5S2/c1-16(2)30-22-12-8-19(14-25(22)36-27(30)32)28-26(31)24-15-29(21-11-7-18(4)13-23(21)35-24)37(33,34)20-9-5-17(3)6-10-20/h5-14,16,24H,15H2,1-4H3,(H,28,31)/t24-/m0/s1. The smallest absolute Gasteiger partial charge is 0.308 e. The number of aryl methyl sites for hydroxylation is 2. The van der Waals surface area contributed by atoms with Crippen molar-refractivity contribution in [3.05, 3.63) is 81.5 Å². The van der Waals surface area contributed by atoms with Crippen LogP contribution in [0.3, 0.4) is 0 Å². The minimum atomic E-state index is -3.95. The van der Waals surface area contributed by atoms with Gasteiger partial charge in [0, 0.05) is 11.7 Å². The van der Waals surface area contributed by atoms with Gasteiger partial charge in [-0.25, -0.2) is 8.42 Å². The Labute approximate surface area is 219 Å². The number of aromatic nitrogens is 1. The molecule has 0 bridgehead atoms. The van der Waals surface area contributed by atoms with Crippen LogP contribution in [0.15, 0.2) is 70.4 Å². The van der Waals surface area contributed by atoms with Gasteiger partial charge in [-0.2, -0.15) is 0 Å². The topological polar surface area (TPSA) is 97.7 Å². The van der Waals surface area contributed by atoms with Crippen LogP contribution in [0.2, 0.25) is 0 Å². The Morgan fingerprint density at radius 1 is 1.03 bits per heavy atom. The molecule has 8 nitrogen and oxygen atoms in total. The SMILES string of the molecule is Cc1ccc(S(=O)(=O)N2C[C@@H](C(=O)Nc3ccc4c(c3)sc(=O)n4C(C)C)Oc3cc(C)ccc32)cc1. The number of rotatable bonds is 5.